The van der Waals surface area contributed by atoms with Gasteiger partial charge in [-0.05, 0) is 169 Å². The number of fused-ring (bicyclic) bond motifs is 9. The summed E-state index contributed by atoms with van der Waals surface area (Å²) in [6, 6.07) is 58.0. The van der Waals surface area contributed by atoms with Crippen LogP contribution in [-0.4, -0.2) is 0 Å². The maximum Gasteiger partial charge on any atom is -0.00638 e. The van der Waals surface area contributed by atoms with Gasteiger partial charge < -0.3 is 0 Å². The van der Waals surface area contributed by atoms with Crippen molar-refractivity contribution >= 4 is 21.9 Å². The van der Waals surface area contributed by atoms with E-state index in [4.69, 9.17) is 0 Å². The van der Waals surface area contributed by atoms with Crippen LogP contribution >= 0.6 is 0 Å². The molecule has 288 valence electrons. The number of hydrogen-bond donors (Lipinski definition) is 0. The molecule has 0 amide bonds. The Morgan fingerprint density at radius 1 is 0.362 bits per heavy atom. The Morgan fingerprint density at radius 2 is 0.966 bits per heavy atom. The van der Waals surface area contributed by atoms with Gasteiger partial charge in [0.05, 0.1) is 0 Å². The molecular formula is C58H56. The molecule has 3 fully saturated rings. The van der Waals surface area contributed by atoms with Crippen LogP contribution in [0.5, 0.6) is 0 Å². The van der Waals surface area contributed by atoms with Gasteiger partial charge in [-0.3, -0.25) is 0 Å². The summed E-state index contributed by atoms with van der Waals surface area (Å²) in [5.74, 6) is 4.42. The van der Waals surface area contributed by atoms with Crippen LogP contribution in [0.2, 0.25) is 0 Å². The van der Waals surface area contributed by atoms with E-state index in [2.05, 4.69) is 152 Å². The van der Waals surface area contributed by atoms with Gasteiger partial charge in [0.15, 0.2) is 0 Å². The highest BCUT2D eigenvalue weighted by molar-refractivity contribution is 5.99. The zero-order valence-electron chi connectivity index (χ0n) is 34.0. The van der Waals surface area contributed by atoms with Crippen molar-refractivity contribution in [1.82, 2.24) is 0 Å². The van der Waals surface area contributed by atoms with Crippen LogP contribution in [0.25, 0.3) is 55.3 Å². The maximum atomic E-state index is 2.58. The first-order chi connectivity index (χ1) is 28.8. The van der Waals surface area contributed by atoms with Crippen LogP contribution < -0.4 is 10.4 Å². The Labute approximate surface area is 345 Å². The largest absolute Gasteiger partial charge is 0.0622 e. The van der Waals surface area contributed by atoms with Crippen molar-refractivity contribution in [2.75, 3.05) is 0 Å². The molecule has 0 aliphatic heterocycles. The smallest absolute Gasteiger partial charge is 0.00638 e. The summed E-state index contributed by atoms with van der Waals surface area (Å²) in [6.45, 7) is 0. The molecule has 0 nitrogen and oxygen atoms in total. The standard InChI is InChI=1S/C58H56/c1-3-15-39(16-4-1)41-21-13-26-46(42-19-7-8-20-44-37-45(30-29-42)48-23-10-9-22-47(44)48)57-38-43(40-17-5-2-6-18-40)32-34-53(57)51(33-31-41)52-35-36-56-50-25-12-11-24-49(50)54-27-14-28-55(52)58(54)56/h1-6,11-18,21,24-28,31-34,38,42,44-45,47-48H,7-10,19-20,22-23,29-30,35-37H2. The summed E-state index contributed by atoms with van der Waals surface area (Å²) in [6.07, 6.45) is 17.7. The molecule has 0 N–H and O–H groups in total. The van der Waals surface area contributed by atoms with Gasteiger partial charge in [0.2, 0.25) is 0 Å². The van der Waals surface area contributed by atoms with Crippen molar-refractivity contribution in [3.8, 4) is 33.4 Å². The van der Waals surface area contributed by atoms with Crippen molar-refractivity contribution in [3.05, 3.63) is 179 Å². The Hall–Kier alpha value is -5.20. The predicted molar refractivity (Wildman–Crippen MR) is 245 cm³/mol. The second-order valence-electron chi connectivity index (χ2n) is 18.3. The van der Waals surface area contributed by atoms with Gasteiger partial charge in [-0.1, -0.05) is 178 Å². The fourth-order valence-corrected chi connectivity index (χ4v) is 12.8. The predicted octanol–water partition coefficient (Wildman–Crippen LogP) is 14.4. The molecule has 58 heavy (non-hydrogen) atoms. The summed E-state index contributed by atoms with van der Waals surface area (Å²) in [5, 5.41) is 5.72. The Balaban J connectivity index is 1.17. The van der Waals surface area contributed by atoms with Crippen molar-refractivity contribution in [2.24, 2.45) is 23.7 Å². The van der Waals surface area contributed by atoms with E-state index in [1.807, 2.05) is 0 Å². The summed E-state index contributed by atoms with van der Waals surface area (Å²) in [7, 11) is 0. The van der Waals surface area contributed by atoms with Crippen LogP contribution in [0.3, 0.4) is 0 Å². The lowest BCUT2D eigenvalue weighted by atomic mass is 9.74. The molecule has 5 unspecified atom stereocenters. The quantitative estimate of drug-likeness (QED) is 0.168. The average molecular weight is 753 g/mol. The molecule has 6 aromatic rings. The second-order valence-corrected chi connectivity index (χ2v) is 18.3. The van der Waals surface area contributed by atoms with Gasteiger partial charge in [0.25, 0.3) is 0 Å². The topological polar surface area (TPSA) is 0 Å². The minimum atomic E-state index is 0.533. The van der Waals surface area contributed by atoms with Crippen LogP contribution in [0, 0.1) is 23.7 Å². The first-order valence-corrected chi connectivity index (χ1v) is 22.8. The van der Waals surface area contributed by atoms with Gasteiger partial charge in [-0.2, -0.15) is 0 Å². The molecule has 0 radical (unpaired) electrons. The Morgan fingerprint density at radius 3 is 1.78 bits per heavy atom. The van der Waals surface area contributed by atoms with Crippen LogP contribution in [0.1, 0.15) is 106 Å². The molecule has 0 saturated heterocycles. The Bertz CT molecular complexity index is 2680. The molecule has 6 aromatic carbocycles. The van der Waals surface area contributed by atoms with Crippen molar-refractivity contribution in [3.63, 3.8) is 0 Å². The van der Waals surface area contributed by atoms with E-state index in [1.54, 1.807) is 5.56 Å². The monoisotopic (exact) mass is 752 g/mol. The van der Waals surface area contributed by atoms with E-state index in [0.717, 1.165) is 36.5 Å². The van der Waals surface area contributed by atoms with E-state index < -0.39 is 0 Å². The van der Waals surface area contributed by atoms with Crippen LogP contribution in [-0.2, 0) is 0 Å². The maximum absolute atomic E-state index is 2.58. The molecule has 2 bridgehead atoms. The highest BCUT2D eigenvalue weighted by Crippen LogP contribution is 2.54. The van der Waals surface area contributed by atoms with E-state index >= 15 is 0 Å². The fraction of sp³-hybridized carbons (Fsp3) is 0.310. The number of rotatable bonds is 4. The highest BCUT2D eigenvalue weighted by Gasteiger charge is 2.43. The highest BCUT2D eigenvalue weighted by atomic mass is 14.5. The molecule has 0 spiro atoms. The molecule has 0 aromatic heterocycles. The summed E-state index contributed by atoms with van der Waals surface area (Å²) < 4.78 is 0. The van der Waals surface area contributed by atoms with Crippen LogP contribution in [0.15, 0.2) is 152 Å². The van der Waals surface area contributed by atoms with E-state index in [-0.39, 0.29) is 0 Å². The number of hydrogen-bond acceptors (Lipinski definition) is 0. The molecule has 3 saturated carbocycles. The van der Waals surface area contributed by atoms with Crippen molar-refractivity contribution < 1.29 is 0 Å². The third-order valence-corrected chi connectivity index (χ3v) is 15.4. The van der Waals surface area contributed by atoms with E-state index in [9.17, 15) is 0 Å². The third kappa shape index (κ3) is 6.45. The lowest BCUT2D eigenvalue weighted by molar-refractivity contribution is 0.193. The van der Waals surface area contributed by atoms with E-state index in [0.29, 0.717) is 5.92 Å². The minimum Gasteiger partial charge on any atom is -0.0622 e. The zero-order valence-corrected chi connectivity index (χ0v) is 34.0. The SMILES string of the molecule is c1ccc(-c2cccc(C3CCCCC4CC(CC3)C3CCCCC43)c3cc(-c4ccccc4)ccc3c(C3=c4cccc5c4=C(CC3)c3ccccc3-5)cc2)cc1. The molecule has 5 aliphatic carbocycles. The molecule has 0 heterocycles. The van der Waals surface area contributed by atoms with Crippen LogP contribution in [0.4, 0.5) is 0 Å². The molecule has 11 rings (SSSR count). The molecule has 0 heteroatoms. The molecular weight excluding hydrogens is 697 g/mol. The summed E-state index contributed by atoms with van der Waals surface area (Å²) in [4.78, 5) is 0. The first kappa shape index (κ1) is 35.9. The summed E-state index contributed by atoms with van der Waals surface area (Å²) in [5.41, 5.74) is 15.3. The first-order valence-electron chi connectivity index (χ1n) is 22.8. The molecule has 5 atom stereocenters. The van der Waals surface area contributed by atoms with Gasteiger partial charge in [-0.25, -0.2) is 0 Å². The van der Waals surface area contributed by atoms with Gasteiger partial charge in [-0.15, -0.1) is 0 Å². The number of benzene rings is 5. The van der Waals surface area contributed by atoms with Crippen molar-refractivity contribution in [2.45, 2.75) is 89.4 Å². The zero-order chi connectivity index (χ0) is 38.4. The fourth-order valence-electron chi connectivity index (χ4n) is 12.8. The lowest BCUT2D eigenvalue weighted by Crippen LogP contribution is -2.32. The van der Waals surface area contributed by atoms with Crippen molar-refractivity contribution in [1.29, 1.82) is 0 Å². The second kappa shape index (κ2) is 15.5. The van der Waals surface area contributed by atoms with Gasteiger partial charge >= 0.3 is 0 Å². The minimum absolute atomic E-state index is 0.533. The normalized spacial score (nSPS) is 23.4. The molecule has 5 aliphatic rings. The van der Waals surface area contributed by atoms with E-state index in [1.165, 1.54) is 147 Å². The Kier molecular flexibility index (Phi) is 9.61. The summed E-state index contributed by atoms with van der Waals surface area (Å²) >= 11 is 0. The lowest BCUT2D eigenvalue weighted by Gasteiger charge is -2.31. The third-order valence-electron chi connectivity index (χ3n) is 15.4. The van der Waals surface area contributed by atoms with Gasteiger partial charge in [0.1, 0.15) is 0 Å². The van der Waals surface area contributed by atoms with Gasteiger partial charge in [0, 0.05) is 0 Å². The average Bonchev–Trinajstić information content (AvgIpc) is 3.81.